The van der Waals surface area contributed by atoms with Gasteiger partial charge in [-0.05, 0) is 42.3 Å². The normalized spacial score (nSPS) is 11.0. The van der Waals surface area contributed by atoms with Gasteiger partial charge in [0.05, 0.1) is 20.4 Å². The quantitative estimate of drug-likeness (QED) is 0.241. The Balaban J connectivity index is 2.00. The molecule has 0 fully saturated rings. The maximum absolute atomic E-state index is 13.0. The van der Waals surface area contributed by atoms with Crippen molar-refractivity contribution in [2.45, 2.75) is 6.92 Å². The van der Waals surface area contributed by atoms with Crippen LogP contribution in [-0.4, -0.2) is 21.7 Å². The number of nitro benzene ring substituents is 2. The number of rotatable bonds is 7. The molecule has 0 bridgehead atoms. The lowest BCUT2D eigenvalue weighted by Gasteiger charge is -2.12. The second-order valence-corrected chi connectivity index (χ2v) is 8.02. The highest BCUT2D eigenvalue weighted by atomic mass is 35.5. The summed E-state index contributed by atoms with van der Waals surface area (Å²) in [5, 5.41) is 27.5. The van der Waals surface area contributed by atoms with Gasteiger partial charge in [-0.15, -0.1) is 0 Å². The molecule has 0 aliphatic heterocycles. The summed E-state index contributed by atoms with van der Waals surface area (Å²) < 4.78 is 0. The fraction of sp³-hybridized carbons (Fsp3) is 0.0435. The number of nitrogens with zero attached hydrogens (tertiary/aromatic N) is 2. The molecule has 10 nitrogen and oxygen atoms in total. The van der Waals surface area contributed by atoms with E-state index in [0.29, 0.717) is 10.7 Å². The summed E-state index contributed by atoms with van der Waals surface area (Å²) in [4.78, 5) is 46.9. The van der Waals surface area contributed by atoms with E-state index in [2.05, 4.69) is 10.6 Å². The monoisotopic (exact) mass is 514 g/mol. The van der Waals surface area contributed by atoms with Crippen molar-refractivity contribution in [1.29, 1.82) is 0 Å². The lowest BCUT2D eigenvalue weighted by atomic mass is 10.1. The Kier molecular flexibility index (Phi) is 7.80. The molecule has 3 aromatic rings. The van der Waals surface area contributed by atoms with Crippen LogP contribution in [0.5, 0.6) is 0 Å². The summed E-state index contributed by atoms with van der Waals surface area (Å²) >= 11 is 12.2. The van der Waals surface area contributed by atoms with E-state index in [9.17, 15) is 29.8 Å². The predicted molar refractivity (Wildman–Crippen MR) is 131 cm³/mol. The number of nitro groups is 2. The van der Waals surface area contributed by atoms with Gasteiger partial charge < -0.3 is 10.6 Å². The summed E-state index contributed by atoms with van der Waals surface area (Å²) in [5.41, 5.74) is 0.228. The number of carbonyl (C=O) groups excluding carboxylic acids is 2. The minimum Gasteiger partial charge on any atom is -0.321 e. The van der Waals surface area contributed by atoms with Crippen molar-refractivity contribution in [3.63, 3.8) is 0 Å². The highest BCUT2D eigenvalue weighted by Gasteiger charge is 2.20. The molecule has 2 amide bonds. The Morgan fingerprint density at radius 2 is 1.57 bits per heavy atom. The molecule has 0 aliphatic rings. The van der Waals surface area contributed by atoms with Crippen LogP contribution in [0.1, 0.15) is 21.5 Å². The number of hydrogen-bond acceptors (Lipinski definition) is 6. The van der Waals surface area contributed by atoms with Crippen LogP contribution in [0.15, 0.2) is 66.4 Å². The fourth-order valence-corrected chi connectivity index (χ4v) is 3.30. The molecule has 3 aromatic carbocycles. The van der Waals surface area contributed by atoms with Gasteiger partial charge in [-0.1, -0.05) is 41.4 Å². The summed E-state index contributed by atoms with van der Waals surface area (Å²) in [7, 11) is 0. The number of anilines is 1. The van der Waals surface area contributed by atoms with Crippen molar-refractivity contribution in [2.24, 2.45) is 0 Å². The van der Waals surface area contributed by atoms with Crippen molar-refractivity contribution in [3.8, 4) is 0 Å². The molecule has 0 spiro atoms. The Hall–Kier alpha value is -4.28. The first-order valence-corrected chi connectivity index (χ1v) is 10.6. The first-order chi connectivity index (χ1) is 16.5. The van der Waals surface area contributed by atoms with Crippen molar-refractivity contribution in [3.05, 3.63) is 113 Å². The Bertz CT molecular complexity index is 1390. The van der Waals surface area contributed by atoms with Crippen LogP contribution in [-0.2, 0) is 4.79 Å². The maximum atomic E-state index is 13.0. The molecule has 0 saturated carbocycles. The lowest BCUT2D eigenvalue weighted by Crippen LogP contribution is -2.31. The number of benzene rings is 3. The molecule has 2 N–H and O–H groups in total. The van der Waals surface area contributed by atoms with Crippen molar-refractivity contribution in [1.82, 2.24) is 5.32 Å². The number of non-ortho nitro benzene ring substituents is 2. The lowest BCUT2D eigenvalue weighted by molar-refractivity contribution is -0.385. The van der Waals surface area contributed by atoms with Crippen LogP contribution in [0.3, 0.4) is 0 Å². The summed E-state index contributed by atoms with van der Waals surface area (Å²) in [6.07, 6.45) is 1.22. The SMILES string of the molecule is Cc1ccc(NC(=O)/C(=C/c2cccc([N+](=O)[O-])c2)NC(=O)c2cc([N+](=O)[O-])ccc2Cl)cc1Cl. The van der Waals surface area contributed by atoms with Crippen LogP contribution in [0, 0.1) is 27.2 Å². The smallest absolute Gasteiger partial charge is 0.272 e. The molecule has 0 unspecified atom stereocenters. The third-order valence-electron chi connectivity index (χ3n) is 4.72. The number of hydrogen-bond donors (Lipinski definition) is 2. The van der Waals surface area contributed by atoms with Crippen LogP contribution < -0.4 is 10.6 Å². The fourth-order valence-electron chi connectivity index (χ4n) is 2.91. The number of carbonyl (C=O) groups is 2. The predicted octanol–water partition coefficient (Wildman–Crippen LogP) is 5.53. The topological polar surface area (TPSA) is 144 Å². The van der Waals surface area contributed by atoms with E-state index in [0.717, 1.165) is 17.7 Å². The third kappa shape index (κ3) is 6.40. The second kappa shape index (κ2) is 10.8. The van der Waals surface area contributed by atoms with E-state index in [1.807, 2.05) is 0 Å². The molecule has 0 saturated heterocycles. The molecule has 0 heterocycles. The van der Waals surface area contributed by atoms with Gasteiger partial charge in [0.2, 0.25) is 0 Å². The van der Waals surface area contributed by atoms with Gasteiger partial charge in [-0.3, -0.25) is 29.8 Å². The van der Waals surface area contributed by atoms with E-state index in [4.69, 9.17) is 23.2 Å². The van der Waals surface area contributed by atoms with Gasteiger partial charge in [0.1, 0.15) is 5.70 Å². The van der Waals surface area contributed by atoms with E-state index >= 15 is 0 Å². The molecule has 0 radical (unpaired) electrons. The average molecular weight is 515 g/mol. The third-order valence-corrected chi connectivity index (χ3v) is 5.46. The van der Waals surface area contributed by atoms with Crippen LogP contribution in [0.25, 0.3) is 6.08 Å². The van der Waals surface area contributed by atoms with Crippen LogP contribution >= 0.6 is 23.2 Å². The standard InChI is InChI=1S/C23H16Cl2N4O6/c1-13-5-6-15(11-20(13)25)26-23(31)21(10-14-3-2-4-16(9-14)28(32)33)27-22(30)18-12-17(29(34)35)7-8-19(18)24/h2-12H,1H3,(H,26,31)(H,27,30)/b21-10-. The van der Waals surface area contributed by atoms with E-state index in [-0.39, 0.29) is 33.2 Å². The highest BCUT2D eigenvalue weighted by molar-refractivity contribution is 6.34. The van der Waals surface area contributed by atoms with Crippen molar-refractivity contribution in [2.75, 3.05) is 5.32 Å². The van der Waals surface area contributed by atoms with Gasteiger partial charge in [-0.25, -0.2) is 0 Å². The molecule has 35 heavy (non-hydrogen) atoms. The molecule has 178 valence electrons. The Morgan fingerprint density at radius 1 is 0.886 bits per heavy atom. The Labute approximate surface area is 208 Å². The number of halogens is 2. The molecule has 0 aliphatic carbocycles. The first kappa shape index (κ1) is 25.3. The van der Waals surface area contributed by atoms with Crippen molar-refractivity contribution >= 4 is 58.2 Å². The van der Waals surface area contributed by atoms with Gasteiger partial charge >= 0.3 is 0 Å². The number of aryl methyl sites for hydroxylation is 1. The van der Waals surface area contributed by atoms with Crippen molar-refractivity contribution < 1.29 is 19.4 Å². The second-order valence-electron chi connectivity index (χ2n) is 7.20. The molecule has 0 atom stereocenters. The average Bonchev–Trinajstić information content (AvgIpc) is 2.81. The number of nitrogens with one attached hydrogen (secondary N) is 2. The summed E-state index contributed by atoms with van der Waals surface area (Å²) in [6.45, 7) is 1.78. The molecular weight excluding hydrogens is 499 g/mol. The molecular formula is C23H16Cl2N4O6. The molecule has 0 aromatic heterocycles. The van der Waals surface area contributed by atoms with Gasteiger partial charge in [0, 0.05) is 35.0 Å². The largest absolute Gasteiger partial charge is 0.321 e. The zero-order valence-electron chi connectivity index (χ0n) is 18.0. The zero-order valence-corrected chi connectivity index (χ0v) is 19.5. The number of amides is 2. The summed E-state index contributed by atoms with van der Waals surface area (Å²) in [6, 6.07) is 13.5. The first-order valence-electron chi connectivity index (χ1n) is 9.84. The van der Waals surface area contributed by atoms with Crippen LogP contribution in [0.2, 0.25) is 10.0 Å². The maximum Gasteiger partial charge on any atom is 0.272 e. The molecule has 3 rings (SSSR count). The highest BCUT2D eigenvalue weighted by Crippen LogP contribution is 2.24. The molecule has 12 heteroatoms. The summed E-state index contributed by atoms with van der Waals surface area (Å²) in [5.74, 6) is -1.67. The van der Waals surface area contributed by atoms with Gasteiger partial charge in [-0.2, -0.15) is 0 Å². The van der Waals surface area contributed by atoms with E-state index in [1.165, 1.54) is 42.5 Å². The minimum atomic E-state index is -0.896. The van der Waals surface area contributed by atoms with Crippen LogP contribution in [0.4, 0.5) is 17.1 Å². The zero-order chi connectivity index (χ0) is 25.7. The van der Waals surface area contributed by atoms with E-state index in [1.54, 1.807) is 19.1 Å². The van der Waals surface area contributed by atoms with E-state index < -0.39 is 21.7 Å². The Morgan fingerprint density at radius 3 is 2.23 bits per heavy atom. The van der Waals surface area contributed by atoms with Gasteiger partial charge in [0.15, 0.2) is 0 Å². The minimum absolute atomic E-state index is 0.0754. The van der Waals surface area contributed by atoms with Gasteiger partial charge in [0.25, 0.3) is 23.2 Å².